The van der Waals surface area contributed by atoms with Gasteiger partial charge in [-0.05, 0) is 39.2 Å². The number of hydrogen-bond acceptors (Lipinski definition) is 3. The summed E-state index contributed by atoms with van der Waals surface area (Å²) in [5.74, 6) is 1.47. The van der Waals surface area contributed by atoms with Gasteiger partial charge in [0.1, 0.15) is 11.5 Å². The molecule has 5 nitrogen and oxygen atoms in total. The molecule has 0 N–H and O–H groups in total. The standard InChI is InChI=1S/C19H32N2O3/c1-6-10-20(11-7-2)18(22)9-13-21(12-8-3)19(23)17-14-15(4)24-16(17)5/h14H,6-13H2,1-5H3. The molecule has 0 aliphatic carbocycles. The van der Waals surface area contributed by atoms with Crippen LogP contribution in [-0.4, -0.2) is 47.8 Å². The van der Waals surface area contributed by atoms with E-state index in [0.717, 1.165) is 38.1 Å². The maximum Gasteiger partial charge on any atom is 0.257 e. The van der Waals surface area contributed by atoms with Gasteiger partial charge in [0.2, 0.25) is 5.91 Å². The topological polar surface area (TPSA) is 53.8 Å². The van der Waals surface area contributed by atoms with Crippen LogP contribution in [0.15, 0.2) is 10.5 Å². The quantitative estimate of drug-likeness (QED) is 0.653. The van der Waals surface area contributed by atoms with Crippen molar-refractivity contribution in [1.29, 1.82) is 0 Å². The molecular formula is C19H32N2O3. The Hall–Kier alpha value is -1.78. The maximum atomic E-state index is 12.7. The zero-order valence-electron chi connectivity index (χ0n) is 15.9. The minimum absolute atomic E-state index is 0.0449. The summed E-state index contributed by atoms with van der Waals surface area (Å²) in [4.78, 5) is 28.8. The van der Waals surface area contributed by atoms with Gasteiger partial charge >= 0.3 is 0 Å². The summed E-state index contributed by atoms with van der Waals surface area (Å²) < 4.78 is 5.47. The van der Waals surface area contributed by atoms with E-state index in [9.17, 15) is 9.59 Å². The van der Waals surface area contributed by atoms with Crippen molar-refractivity contribution in [3.63, 3.8) is 0 Å². The predicted octanol–water partition coefficient (Wildman–Crippen LogP) is 3.79. The molecule has 1 heterocycles. The van der Waals surface area contributed by atoms with Crippen LogP contribution in [0.2, 0.25) is 0 Å². The molecule has 0 unspecified atom stereocenters. The predicted molar refractivity (Wildman–Crippen MR) is 96.2 cm³/mol. The summed E-state index contributed by atoms with van der Waals surface area (Å²) in [5, 5.41) is 0. The monoisotopic (exact) mass is 336 g/mol. The summed E-state index contributed by atoms with van der Waals surface area (Å²) in [7, 11) is 0. The Bertz CT molecular complexity index is 531. The molecule has 0 aliphatic rings. The molecule has 0 aliphatic heterocycles. The number of amides is 2. The number of nitrogens with zero attached hydrogens (tertiary/aromatic N) is 2. The number of hydrogen-bond donors (Lipinski definition) is 0. The van der Waals surface area contributed by atoms with Crippen molar-refractivity contribution >= 4 is 11.8 Å². The van der Waals surface area contributed by atoms with E-state index >= 15 is 0 Å². The normalized spacial score (nSPS) is 10.7. The van der Waals surface area contributed by atoms with Crippen LogP contribution in [-0.2, 0) is 4.79 Å². The number of furan rings is 1. The van der Waals surface area contributed by atoms with Gasteiger partial charge in [-0.3, -0.25) is 9.59 Å². The Labute approximate surface area is 146 Å². The molecule has 0 saturated heterocycles. The van der Waals surface area contributed by atoms with E-state index in [1.165, 1.54) is 0 Å². The Balaban J connectivity index is 2.73. The van der Waals surface area contributed by atoms with Gasteiger partial charge in [0.25, 0.3) is 5.91 Å². The van der Waals surface area contributed by atoms with Crippen LogP contribution in [0.5, 0.6) is 0 Å². The Morgan fingerprint density at radius 2 is 1.46 bits per heavy atom. The number of carbonyl (C=O) groups is 2. The highest BCUT2D eigenvalue weighted by molar-refractivity contribution is 5.95. The fourth-order valence-corrected chi connectivity index (χ4v) is 2.89. The third kappa shape index (κ3) is 5.69. The van der Waals surface area contributed by atoms with Crippen LogP contribution in [0, 0.1) is 13.8 Å². The van der Waals surface area contributed by atoms with Crippen molar-refractivity contribution in [3.8, 4) is 0 Å². The summed E-state index contributed by atoms with van der Waals surface area (Å²) in [6.07, 6.45) is 3.15. The molecule has 2 amide bonds. The second-order valence-electron chi connectivity index (χ2n) is 6.25. The molecule has 0 bridgehead atoms. The van der Waals surface area contributed by atoms with Crippen LogP contribution in [0.3, 0.4) is 0 Å². The van der Waals surface area contributed by atoms with Crippen LogP contribution in [0.25, 0.3) is 0 Å². The lowest BCUT2D eigenvalue weighted by molar-refractivity contribution is -0.131. The van der Waals surface area contributed by atoms with Crippen LogP contribution >= 0.6 is 0 Å². The molecule has 0 aromatic carbocycles. The third-order valence-electron chi connectivity index (χ3n) is 3.99. The molecule has 136 valence electrons. The van der Waals surface area contributed by atoms with Crippen molar-refractivity contribution in [3.05, 3.63) is 23.2 Å². The maximum absolute atomic E-state index is 12.7. The van der Waals surface area contributed by atoms with E-state index in [4.69, 9.17) is 4.42 Å². The average Bonchev–Trinajstić information content (AvgIpc) is 2.88. The minimum atomic E-state index is -0.0449. The third-order valence-corrected chi connectivity index (χ3v) is 3.99. The van der Waals surface area contributed by atoms with Gasteiger partial charge in [-0.25, -0.2) is 0 Å². The van der Waals surface area contributed by atoms with E-state index in [0.29, 0.717) is 30.8 Å². The van der Waals surface area contributed by atoms with Crippen molar-refractivity contribution < 1.29 is 14.0 Å². The van der Waals surface area contributed by atoms with Gasteiger partial charge in [0.05, 0.1) is 5.56 Å². The van der Waals surface area contributed by atoms with Gasteiger partial charge in [-0.1, -0.05) is 20.8 Å². The molecule has 0 atom stereocenters. The largest absolute Gasteiger partial charge is 0.466 e. The number of rotatable bonds is 10. The first-order valence-corrected chi connectivity index (χ1v) is 9.08. The molecule has 24 heavy (non-hydrogen) atoms. The lowest BCUT2D eigenvalue weighted by Gasteiger charge is -2.25. The molecule has 1 rings (SSSR count). The summed E-state index contributed by atoms with van der Waals surface area (Å²) in [5.41, 5.74) is 0.604. The highest BCUT2D eigenvalue weighted by Crippen LogP contribution is 2.16. The van der Waals surface area contributed by atoms with Crippen molar-refractivity contribution in [2.24, 2.45) is 0 Å². The van der Waals surface area contributed by atoms with E-state index in [1.807, 2.05) is 18.7 Å². The number of aryl methyl sites for hydroxylation is 2. The van der Waals surface area contributed by atoms with Crippen LogP contribution in [0.4, 0.5) is 0 Å². The average molecular weight is 336 g/mol. The molecule has 5 heteroatoms. The molecule has 0 saturated carbocycles. The summed E-state index contributed by atoms with van der Waals surface area (Å²) in [6.45, 7) is 12.5. The first kappa shape index (κ1) is 20.3. The Morgan fingerprint density at radius 3 is 1.92 bits per heavy atom. The van der Waals surface area contributed by atoms with E-state index in [-0.39, 0.29) is 11.8 Å². The molecule has 0 fully saturated rings. The molecular weight excluding hydrogens is 304 g/mol. The Morgan fingerprint density at radius 1 is 0.917 bits per heavy atom. The molecule has 1 aromatic heterocycles. The first-order valence-electron chi connectivity index (χ1n) is 9.08. The Kier molecular flexibility index (Phi) is 8.58. The zero-order chi connectivity index (χ0) is 18.1. The van der Waals surface area contributed by atoms with E-state index in [2.05, 4.69) is 13.8 Å². The molecule has 1 aromatic rings. The fourth-order valence-electron chi connectivity index (χ4n) is 2.89. The second kappa shape index (κ2) is 10.2. The van der Waals surface area contributed by atoms with Gasteiger partial charge in [-0.2, -0.15) is 0 Å². The van der Waals surface area contributed by atoms with E-state index in [1.54, 1.807) is 17.9 Å². The molecule has 0 radical (unpaired) electrons. The van der Waals surface area contributed by atoms with Gasteiger partial charge in [0, 0.05) is 32.6 Å². The van der Waals surface area contributed by atoms with Crippen molar-refractivity contribution in [2.75, 3.05) is 26.2 Å². The molecule has 0 spiro atoms. The zero-order valence-corrected chi connectivity index (χ0v) is 15.9. The van der Waals surface area contributed by atoms with E-state index < -0.39 is 0 Å². The SMILES string of the molecule is CCCN(CCC)C(=O)CCN(CCC)C(=O)c1cc(C)oc1C. The lowest BCUT2D eigenvalue weighted by atomic mass is 10.2. The number of carbonyl (C=O) groups excluding carboxylic acids is 2. The van der Waals surface area contributed by atoms with Crippen LogP contribution < -0.4 is 0 Å². The van der Waals surface area contributed by atoms with Crippen molar-refractivity contribution in [1.82, 2.24) is 9.80 Å². The lowest BCUT2D eigenvalue weighted by Crippen LogP contribution is -2.38. The smallest absolute Gasteiger partial charge is 0.257 e. The van der Waals surface area contributed by atoms with Crippen molar-refractivity contribution in [2.45, 2.75) is 60.3 Å². The second-order valence-corrected chi connectivity index (χ2v) is 6.25. The van der Waals surface area contributed by atoms with Gasteiger partial charge in [0.15, 0.2) is 0 Å². The summed E-state index contributed by atoms with van der Waals surface area (Å²) >= 11 is 0. The van der Waals surface area contributed by atoms with Crippen LogP contribution in [0.1, 0.15) is 68.3 Å². The van der Waals surface area contributed by atoms with Gasteiger partial charge in [-0.15, -0.1) is 0 Å². The highest BCUT2D eigenvalue weighted by atomic mass is 16.3. The summed E-state index contributed by atoms with van der Waals surface area (Å²) in [6, 6.07) is 1.78. The van der Waals surface area contributed by atoms with Gasteiger partial charge < -0.3 is 14.2 Å². The minimum Gasteiger partial charge on any atom is -0.466 e. The fraction of sp³-hybridized carbons (Fsp3) is 0.684. The highest BCUT2D eigenvalue weighted by Gasteiger charge is 2.21. The first-order chi connectivity index (χ1) is 11.4.